The number of amides is 3. The van der Waals surface area contributed by atoms with E-state index < -0.39 is 11.8 Å². The standard InChI is InChI=1S/C25H24BrN3O5/c1-16-5-3-4-6-20(16)24(31)27-19-10-7-17(8-11-19)23(30)28-29-25(32)21-15-18(26)9-12-22(21)34-14-13-33-2/h3-12,15H,13-14H2,1-2H3,(H,27,31)(H,28,30)(H,29,32). The molecule has 0 aromatic heterocycles. The topological polar surface area (TPSA) is 106 Å². The van der Waals surface area contributed by atoms with Crippen LogP contribution in [0.2, 0.25) is 0 Å². The van der Waals surface area contributed by atoms with Gasteiger partial charge in [-0.15, -0.1) is 0 Å². The number of halogens is 1. The van der Waals surface area contributed by atoms with Crippen molar-refractivity contribution in [3.8, 4) is 5.75 Å². The SMILES string of the molecule is COCCOc1ccc(Br)cc1C(=O)NNC(=O)c1ccc(NC(=O)c2ccccc2C)cc1. The molecule has 3 N–H and O–H groups in total. The van der Waals surface area contributed by atoms with Crippen LogP contribution in [0.4, 0.5) is 5.69 Å². The number of hydrogen-bond donors (Lipinski definition) is 3. The number of methoxy groups -OCH3 is 1. The van der Waals surface area contributed by atoms with Gasteiger partial charge >= 0.3 is 0 Å². The maximum atomic E-state index is 12.6. The Kier molecular flexibility index (Phi) is 8.78. The average molecular weight is 526 g/mol. The van der Waals surface area contributed by atoms with Gasteiger partial charge in [0.1, 0.15) is 12.4 Å². The first-order valence-corrected chi connectivity index (χ1v) is 11.2. The summed E-state index contributed by atoms with van der Waals surface area (Å²) in [6.07, 6.45) is 0. The van der Waals surface area contributed by atoms with Gasteiger partial charge < -0.3 is 14.8 Å². The van der Waals surface area contributed by atoms with E-state index in [9.17, 15) is 14.4 Å². The molecule has 0 aliphatic rings. The highest BCUT2D eigenvalue weighted by atomic mass is 79.9. The lowest BCUT2D eigenvalue weighted by atomic mass is 10.1. The van der Waals surface area contributed by atoms with Crippen LogP contribution in [0, 0.1) is 6.92 Å². The van der Waals surface area contributed by atoms with Crippen LogP contribution in [0.15, 0.2) is 71.2 Å². The van der Waals surface area contributed by atoms with Crippen molar-refractivity contribution >= 4 is 39.3 Å². The molecular formula is C25H24BrN3O5. The van der Waals surface area contributed by atoms with E-state index in [-0.39, 0.29) is 18.1 Å². The maximum Gasteiger partial charge on any atom is 0.273 e. The van der Waals surface area contributed by atoms with Crippen LogP contribution in [0.1, 0.15) is 36.6 Å². The second kappa shape index (κ2) is 12.0. The zero-order valence-electron chi connectivity index (χ0n) is 18.7. The molecule has 3 rings (SSSR count). The summed E-state index contributed by atoms with van der Waals surface area (Å²) < 4.78 is 11.2. The Morgan fingerprint density at radius 3 is 2.24 bits per heavy atom. The van der Waals surface area contributed by atoms with Crippen molar-refractivity contribution in [2.24, 2.45) is 0 Å². The average Bonchev–Trinajstić information content (AvgIpc) is 2.84. The van der Waals surface area contributed by atoms with Crippen molar-refractivity contribution in [3.05, 3.63) is 93.5 Å². The highest BCUT2D eigenvalue weighted by Crippen LogP contribution is 2.23. The molecule has 9 heteroatoms. The summed E-state index contributed by atoms with van der Waals surface area (Å²) in [6, 6.07) is 18.6. The van der Waals surface area contributed by atoms with Gasteiger partial charge in [0, 0.05) is 28.4 Å². The highest BCUT2D eigenvalue weighted by Gasteiger charge is 2.15. The summed E-state index contributed by atoms with van der Waals surface area (Å²) in [5.74, 6) is -0.924. The number of carbonyl (C=O) groups is 3. The summed E-state index contributed by atoms with van der Waals surface area (Å²) in [5, 5.41) is 2.80. The molecular weight excluding hydrogens is 502 g/mol. The molecule has 8 nitrogen and oxygen atoms in total. The lowest BCUT2D eigenvalue weighted by Crippen LogP contribution is -2.41. The molecule has 176 valence electrons. The van der Waals surface area contributed by atoms with Crippen LogP contribution >= 0.6 is 15.9 Å². The highest BCUT2D eigenvalue weighted by molar-refractivity contribution is 9.10. The number of ether oxygens (including phenoxy) is 2. The van der Waals surface area contributed by atoms with Gasteiger partial charge in [-0.3, -0.25) is 25.2 Å². The molecule has 0 bridgehead atoms. The second-order valence-electron chi connectivity index (χ2n) is 7.24. The molecule has 3 aromatic rings. The van der Waals surface area contributed by atoms with Crippen LogP contribution in [-0.4, -0.2) is 38.0 Å². The van der Waals surface area contributed by atoms with Crippen molar-refractivity contribution in [1.82, 2.24) is 10.9 Å². The van der Waals surface area contributed by atoms with Crippen LogP contribution in [0.3, 0.4) is 0 Å². The summed E-state index contributed by atoms with van der Waals surface area (Å²) in [6.45, 7) is 2.51. The predicted molar refractivity (Wildman–Crippen MR) is 132 cm³/mol. The van der Waals surface area contributed by atoms with Gasteiger partial charge in [-0.1, -0.05) is 34.1 Å². The van der Waals surface area contributed by atoms with Gasteiger partial charge in [0.15, 0.2) is 0 Å². The van der Waals surface area contributed by atoms with Crippen LogP contribution in [-0.2, 0) is 4.74 Å². The van der Waals surface area contributed by atoms with E-state index in [4.69, 9.17) is 9.47 Å². The Bertz CT molecular complexity index is 1180. The van der Waals surface area contributed by atoms with Crippen LogP contribution in [0.5, 0.6) is 5.75 Å². The second-order valence-corrected chi connectivity index (χ2v) is 8.15. The Morgan fingerprint density at radius 2 is 1.53 bits per heavy atom. The molecule has 0 aliphatic heterocycles. The fourth-order valence-corrected chi connectivity index (χ4v) is 3.39. The van der Waals surface area contributed by atoms with Gasteiger partial charge in [0.2, 0.25) is 0 Å². The Morgan fingerprint density at radius 1 is 0.824 bits per heavy atom. The maximum absolute atomic E-state index is 12.6. The minimum atomic E-state index is -0.538. The van der Waals surface area contributed by atoms with Gasteiger partial charge in [0.05, 0.1) is 12.2 Å². The smallest absolute Gasteiger partial charge is 0.273 e. The fraction of sp³-hybridized carbons (Fsp3) is 0.160. The van der Waals surface area contributed by atoms with Gasteiger partial charge in [-0.2, -0.15) is 0 Å². The Balaban J connectivity index is 1.59. The minimum Gasteiger partial charge on any atom is -0.490 e. The fourth-order valence-electron chi connectivity index (χ4n) is 3.02. The Hall–Kier alpha value is -3.69. The lowest BCUT2D eigenvalue weighted by Gasteiger charge is -2.13. The lowest BCUT2D eigenvalue weighted by molar-refractivity contribution is 0.0842. The van der Waals surface area contributed by atoms with E-state index in [1.807, 2.05) is 19.1 Å². The molecule has 0 saturated heterocycles. The molecule has 0 atom stereocenters. The molecule has 0 saturated carbocycles. The number of nitrogens with one attached hydrogen (secondary N) is 3. The first-order valence-electron chi connectivity index (χ1n) is 10.4. The normalized spacial score (nSPS) is 10.3. The van der Waals surface area contributed by atoms with Crippen molar-refractivity contribution in [2.45, 2.75) is 6.92 Å². The minimum absolute atomic E-state index is 0.236. The summed E-state index contributed by atoms with van der Waals surface area (Å²) in [7, 11) is 1.55. The zero-order chi connectivity index (χ0) is 24.5. The van der Waals surface area contributed by atoms with E-state index in [1.165, 1.54) is 0 Å². The van der Waals surface area contributed by atoms with E-state index >= 15 is 0 Å². The molecule has 0 heterocycles. The predicted octanol–water partition coefficient (Wildman–Crippen LogP) is 4.11. The van der Waals surface area contributed by atoms with Gasteiger partial charge in [-0.25, -0.2) is 0 Å². The third-order valence-electron chi connectivity index (χ3n) is 4.82. The van der Waals surface area contributed by atoms with Crippen molar-refractivity contribution in [3.63, 3.8) is 0 Å². The first kappa shape index (κ1) is 24.9. The summed E-state index contributed by atoms with van der Waals surface area (Å²) in [4.78, 5) is 37.5. The monoisotopic (exact) mass is 525 g/mol. The number of anilines is 1. The Labute approximate surface area is 205 Å². The third kappa shape index (κ3) is 6.66. The van der Waals surface area contributed by atoms with Crippen LogP contribution in [0.25, 0.3) is 0 Å². The third-order valence-corrected chi connectivity index (χ3v) is 5.31. The zero-order valence-corrected chi connectivity index (χ0v) is 20.3. The number of carbonyl (C=O) groups excluding carboxylic acids is 3. The van der Waals surface area contributed by atoms with Crippen molar-refractivity contribution < 1.29 is 23.9 Å². The molecule has 34 heavy (non-hydrogen) atoms. The molecule has 0 fully saturated rings. The van der Waals surface area contributed by atoms with Crippen molar-refractivity contribution in [1.29, 1.82) is 0 Å². The van der Waals surface area contributed by atoms with Gasteiger partial charge in [0.25, 0.3) is 17.7 Å². The number of aryl methyl sites for hydroxylation is 1. The molecule has 0 spiro atoms. The number of hydrogen-bond acceptors (Lipinski definition) is 5. The van der Waals surface area contributed by atoms with Crippen LogP contribution < -0.4 is 20.9 Å². The molecule has 0 radical (unpaired) electrons. The largest absolute Gasteiger partial charge is 0.490 e. The molecule has 0 unspecified atom stereocenters. The van der Waals surface area contributed by atoms with E-state index in [0.29, 0.717) is 33.6 Å². The quantitative estimate of drug-likeness (QED) is 0.303. The van der Waals surface area contributed by atoms with Crippen molar-refractivity contribution in [2.75, 3.05) is 25.6 Å². The number of hydrazine groups is 1. The summed E-state index contributed by atoms with van der Waals surface area (Å²) >= 11 is 3.33. The summed E-state index contributed by atoms with van der Waals surface area (Å²) in [5.41, 5.74) is 7.31. The first-order chi connectivity index (χ1) is 16.4. The van der Waals surface area contributed by atoms with E-state index in [1.54, 1.807) is 61.7 Å². The van der Waals surface area contributed by atoms with Gasteiger partial charge in [-0.05, 0) is 61.0 Å². The number of rotatable bonds is 8. The number of benzene rings is 3. The molecule has 3 aromatic carbocycles. The van der Waals surface area contributed by atoms with E-state index in [0.717, 1.165) is 5.56 Å². The molecule has 0 aliphatic carbocycles. The van der Waals surface area contributed by atoms with E-state index in [2.05, 4.69) is 32.1 Å². The molecule has 3 amide bonds.